The van der Waals surface area contributed by atoms with Crippen LogP contribution in [0.15, 0.2) is 23.0 Å². The van der Waals surface area contributed by atoms with Crippen LogP contribution in [-0.4, -0.2) is 15.3 Å². The molecule has 0 radical (unpaired) electrons. The Labute approximate surface area is 88.9 Å². The summed E-state index contributed by atoms with van der Waals surface area (Å²) in [6.45, 7) is 4.23. The standard InChI is InChI=1S/C10H14N2OS/c1-8-7-10(13)12(9(2)11-8)5-3-4-6-14/h3-4,7,14H,5-6H2,1-2H3/b4-3+. The molecule has 14 heavy (non-hydrogen) atoms. The van der Waals surface area contributed by atoms with Crippen LogP contribution in [0, 0.1) is 13.8 Å². The summed E-state index contributed by atoms with van der Waals surface area (Å²) in [6.07, 6.45) is 3.83. The Morgan fingerprint density at radius 3 is 2.79 bits per heavy atom. The molecule has 0 fully saturated rings. The minimum atomic E-state index is -0.00110. The van der Waals surface area contributed by atoms with Gasteiger partial charge in [-0.3, -0.25) is 9.36 Å². The smallest absolute Gasteiger partial charge is 0.253 e. The lowest BCUT2D eigenvalue weighted by atomic mass is 10.4. The maximum atomic E-state index is 11.5. The van der Waals surface area contributed by atoms with Gasteiger partial charge in [0, 0.05) is 24.1 Å². The van der Waals surface area contributed by atoms with Crippen molar-refractivity contribution in [2.45, 2.75) is 20.4 Å². The Hall–Kier alpha value is -1.03. The molecule has 0 atom stereocenters. The summed E-state index contributed by atoms with van der Waals surface area (Å²) in [5, 5.41) is 0. The van der Waals surface area contributed by atoms with E-state index in [2.05, 4.69) is 17.6 Å². The van der Waals surface area contributed by atoms with Gasteiger partial charge in [-0.25, -0.2) is 4.98 Å². The lowest BCUT2D eigenvalue weighted by Crippen LogP contribution is -2.22. The van der Waals surface area contributed by atoms with E-state index in [0.717, 1.165) is 11.5 Å². The van der Waals surface area contributed by atoms with Gasteiger partial charge in [-0.15, -0.1) is 0 Å². The topological polar surface area (TPSA) is 34.9 Å². The summed E-state index contributed by atoms with van der Waals surface area (Å²) >= 11 is 4.05. The van der Waals surface area contributed by atoms with Gasteiger partial charge in [0.05, 0.1) is 0 Å². The van der Waals surface area contributed by atoms with Gasteiger partial charge in [-0.2, -0.15) is 12.6 Å². The first kappa shape index (κ1) is 11.0. The van der Waals surface area contributed by atoms with Crippen molar-refractivity contribution in [2.75, 3.05) is 5.75 Å². The average molecular weight is 210 g/mol. The van der Waals surface area contributed by atoms with Gasteiger partial charge in [0.15, 0.2) is 0 Å². The van der Waals surface area contributed by atoms with Gasteiger partial charge in [0.1, 0.15) is 5.82 Å². The van der Waals surface area contributed by atoms with Crippen molar-refractivity contribution in [3.63, 3.8) is 0 Å². The molecule has 1 rings (SSSR count). The van der Waals surface area contributed by atoms with Crippen LogP contribution in [0.4, 0.5) is 0 Å². The van der Waals surface area contributed by atoms with Crippen LogP contribution >= 0.6 is 12.6 Å². The maximum Gasteiger partial charge on any atom is 0.253 e. The first-order chi connectivity index (χ1) is 6.65. The van der Waals surface area contributed by atoms with Crippen molar-refractivity contribution >= 4 is 12.6 Å². The van der Waals surface area contributed by atoms with E-state index in [1.54, 1.807) is 10.6 Å². The number of hydrogen-bond acceptors (Lipinski definition) is 3. The van der Waals surface area contributed by atoms with Crippen LogP contribution in [-0.2, 0) is 6.54 Å². The number of aryl methyl sites for hydroxylation is 2. The van der Waals surface area contributed by atoms with Gasteiger partial charge in [-0.05, 0) is 13.8 Å². The third kappa shape index (κ3) is 2.73. The number of allylic oxidation sites excluding steroid dienone is 1. The second kappa shape index (κ2) is 5.00. The van der Waals surface area contributed by atoms with Gasteiger partial charge < -0.3 is 0 Å². The minimum Gasteiger partial charge on any atom is -0.293 e. The molecule has 0 spiro atoms. The number of aromatic nitrogens is 2. The van der Waals surface area contributed by atoms with Crippen molar-refractivity contribution in [3.05, 3.63) is 40.1 Å². The van der Waals surface area contributed by atoms with Crippen molar-refractivity contribution in [3.8, 4) is 0 Å². The van der Waals surface area contributed by atoms with Crippen LogP contribution in [0.2, 0.25) is 0 Å². The largest absolute Gasteiger partial charge is 0.293 e. The third-order valence-corrected chi connectivity index (χ3v) is 2.10. The fraction of sp³-hybridized carbons (Fsp3) is 0.400. The highest BCUT2D eigenvalue weighted by Gasteiger charge is 1.99. The summed E-state index contributed by atoms with van der Waals surface area (Å²) in [7, 11) is 0. The molecule has 0 saturated heterocycles. The lowest BCUT2D eigenvalue weighted by molar-refractivity contribution is 0.707. The zero-order chi connectivity index (χ0) is 10.6. The van der Waals surface area contributed by atoms with E-state index in [1.165, 1.54) is 0 Å². The summed E-state index contributed by atoms with van der Waals surface area (Å²) in [5.41, 5.74) is 0.765. The minimum absolute atomic E-state index is 0.00110. The molecule has 0 unspecified atom stereocenters. The first-order valence-corrected chi connectivity index (χ1v) is 5.09. The number of nitrogens with zero attached hydrogens (tertiary/aromatic N) is 2. The van der Waals surface area contributed by atoms with Crippen molar-refractivity contribution < 1.29 is 0 Å². The molecule has 0 aromatic carbocycles. The predicted molar refractivity (Wildman–Crippen MR) is 61.0 cm³/mol. The van der Waals surface area contributed by atoms with Crippen LogP contribution < -0.4 is 5.56 Å². The van der Waals surface area contributed by atoms with E-state index >= 15 is 0 Å². The van der Waals surface area contributed by atoms with Gasteiger partial charge in [-0.1, -0.05) is 12.2 Å². The van der Waals surface area contributed by atoms with E-state index in [1.807, 2.05) is 26.0 Å². The molecule has 4 heteroatoms. The predicted octanol–water partition coefficient (Wildman–Crippen LogP) is 1.35. The van der Waals surface area contributed by atoms with E-state index in [9.17, 15) is 4.79 Å². The van der Waals surface area contributed by atoms with E-state index in [0.29, 0.717) is 12.3 Å². The molecule has 1 aromatic rings. The Bertz CT molecular complexity index is 396. The fourth-order valence-electron chi connectivity index (χ4n) is 1.24. The van der Waals surface area contributed by atoms with Gasteiger partial charge in [0.2, 0.25) is 0 Å². The third-order valence-electron chi connectivity index (χ3n) is 1.89. The second-order valence-corrected chi connectivity index (χ2v) is 3.41. The second-order valence-electron chi connectivity index (χ2n) is 3.05. The molecule has 0 amide bonds. The first-order valence-electron chi connectivity index (χ1n) is 4.46. The van der Waals surface area contributed by atoms with Crippen LogP contribution in [0.1, 0.15) is 11.5 Å². The molecule has 1 heterocycles. The normalized spacial score (nSPS) is 11.1. The van der Waals surface area contributed by atoms with Gasteiger partial charge in [0.25, 0.3) is 5.56 Å². The molecule has 1 aromatic heterocycles. The van der Waals surface area contributed by atoms with Crippen LogP contribution in [0.25, 0.3) is 0 Å². The zero-order valence-corrected chi connectivity index (χ0v) is 9.29. The van der Waals surface area contributed by atoms with E-state index < -0.39 is 0 Å². The van der Waals surface area contributed by atoms with E-state index in [-0.39, 0.29) is 5.56 Å². The Kier molecular flexibility index (Phi) is 3.95. The summed E-state index contributed by atoms with van der Waals surface area (Å²) in [4.78, 5) is 15.7. The highest BCUT2D eigenvalue weighted by molar-refractivity contribution is 7.80. The van der Waals surface area contributed by atoms with E-state index in [4.69, 9.17) is 0 Å². The zero-order valence-electron chi connectivity index (χ0n) is 8.40. The number of thiol groups is 1. The van der Waals surface area contributed by atoms with Crippen molar-refractivity contribution in [1.29, 1.82) is 0 Å². The van der Waals surface area contributed by atoms with Crippen molar-refractivity contribution in [2.24, 2.45) is 0 Å². The molecule has 76 valence electrons. The maximum absolute atomic E-state index is 11.5. The number of hydrogen-bond donors (Lipinski definition) is 1. The highest BCUT2D eigenvalue weighted by Crippen LogP contribution is 1.93. The SMILES string of the molecule is Cc1cc(=O)n(C/C=C/CS)c(C)n1. The van der Waals surface area contributed by atoms with Crippen molar-refractivity contribution in [1.82, 2.24) is 9.55 Å². The van der Waals surface area contributed by atoms with Crippen LogP contribution in [0.5, 0.6) is 0 Å². The highest BCUT2D eigenvalue weighted by atomic mass is 32.1. The molecule has 0 saturated carbocycles. The molecule has 3 nitrogen and oxygen atoms in total. The lowest BCUT2D eigenvalue weighted by Gasteiger charge is -2.06. The Morgan fingerprint density at radius 1 is 1.50 bits per heavy atom. The Morgan fingerprint density at radius 2 is 2.21 bits per heavy atom. The summed E-state index contributed by atoms with van der Waals surface area (Å²) in [5.74, 6) is 1.44. The average Bonchev–Trinajstić information content (AvgIpc) is 2.09. The van der Waals surface area contributed by atoms with Crippen LogP contribution in [0.3, 0.4) is 0 Å². The summed E-state index contributed by atoms with van der Waals surface area (Å²) in [6, 6.07) is 1.54. The molecule has 0 aliphatic carbocycles. The fourth-order valence-corrected chi connectivity index (χ4v) is 1.39. The number of rotatable bonds is 3. The molecular weight excluding hydrogens is 196 g/mol. The Balaban J connectivity index is 2.97. The molecule has 0 aliphatic rings. The molecule has 0 N–H and O–H groups in total. The molecular formula is C10H14N2OS. The van der Waals surface area contributed by atoms with Gasteiger partial charge >= 0.3 is 0 Å². The monoisotopic (exact) mass is 210 g/mol. The summed E-state index contributed by atoms with van der Waals surface area (Å²) < 4.78 is 1.63. The molecule has 0 bridgehead atoms. The quantitative estimate of drug-likeness (QED) is 0.603. The molecule has 0 aliphatic heterocycles.